The van der Waals surface area contributed by atoms with E-state index < -0.39 is 0 Å². The largest absolute Gasteiger partial charge is 0.490 e. The number of anilines is 3. The summed E-state index contributed by atoms with van der Waals surface area (Å²) >= 11 is 0. The molecule has 0 aliphatic carbocycles. The van der Waals surface area contributed by atoms with Crippen molar-refractivity contribution in [2.24, 2.45) is 0 Å². The van der Waals surface area contributed by atoms with Gasteiger partial charge in [-0.3, -0.25) is 0 Å². The Balaban J connectivity index is 2.35. The molecule has 1 aromatic heterocycles. The Morgan fingerprint density at radius 3 is 2.55 bits per heavy atom. The van der Waals surface area contributed by atoms with Crippen LogP contribution in [0.2, 0.25) is 0 Å². The van der Waals surface area contributed by atoms with Crippen LogP contribution in [0.5, 0.6) is 5.75 Å². The highest BCUT2D eigenvalue weighted by Gasteiger charge is 2.12. The average molecular weight is 272 g/mol. The molecule has 20 heavy (non-hydrogen) atoms. The van der Waals surface area contributed by atoms with Crippen molar-refractivity contribution in [1.29, 1.82) is 0 Å². The van der Waals surface area contributed by atoms with E-state index >= 15 is 0 Å². The van der Waals surface area contributed by atoms with Crippen molar-refractivity contribution < 1.29 is 4.74 Å². The molecular weight excluding hydrogens is 252 g/mol. The van der Waals surface area contributed by atoms with Gasteiger partial charge in [-0.2, -0.15) is 0 Å². The van der Waals surface area contributed by atoms with Crippen molar-refractivity contribution in [3.05, 3.63) is 35.7 Å². The average Bonchev–Trinajstić information content (AvgIpc) is 2.42. The second-order valence-corrected chi connectivity index (χ2v) is 4.58. The fourth-order valence-electron chi connectivity index (χ4n) is 2.03. The zero-order valence-corrected chi connectivity index (χ0v) is 12.3. The lowest BCUT2D eigenvalue weighted by molar-refractivity contribution is 0.415. The van der Waals surface area contributed by atoms with E-state index in [9.17, 15) is 0 Å². The summed E-state index contributed by atoms with van der Waals surface area (Å²) in [4.78, 5) is 8.45. The molecule has 0 radical (unpaired) electrons. The summed E-state index contributed by atoms with van der Waals surface area (Å²) in [5.74, 6) is 1.97. The predicted molar refractivity (Wildman–Crippen MR) is 81.9 cm³/mol. The number of nitrogens with one attached hydrogen (secondary N) is 2. The first kappa shape index (κ1) is 14.1. The summed E-state index contributed by atoms with van der Waals surface area (Å²) in [5, 5.41) is 6.46. The van der Waals surface area contributed by atoms with Gasteiger partial charge < -0.3 is 15.4 Å². The van der Waals surface area contributed by atoms with Crippen molar-refractivity contribution >= 4 is 17.3 Å². The molecule has 1 heterocycles. The van der Waals surface area contributed by atoms with Gasteiger partial charge in [0.2, 0.25) is 5.75 Å². The highest BCUT2D eigenvalue weighted by atomic mass is 16.5. The standard InChI is InChI=1S/C15H20N4O/c1-5-16-14-13(20-4)15(18-9-17-14)19-12-7-6-10(2)8-11(12)3/h6-9H,5H2,1-4H3,(H2,16,17,18,19). The molecule has 1 aromatic carbocycles. The third kappa shape index (κ3) is 2.99. The number of methoxy groups -OCH3 is 1. The molecule has 0 unspecified atom stereocenters. The summed E-state index contributed by atoms with van der Waals surface area (Å²) in [6, 6.07) is 6.23. The summed E-state index contributed by atoms with van der Waals surface area (Å²) in [6.07, 6.45) is 1.52. The van der Waals surface area contributed by atoms with E-state index in [-0.39, 0.29) is 0 Å². The van der Waals surface area contributed by atoms with Crippen LogP contribution in [0.25, 0.3) is 0 Å². The second kappa shape index (κ2) is 6.23. The van der Waals surface area contributed by atoms with E-state index in [1.807, 2.05) is 13.0 Å². The molecule has 0 bridgehead atoms. The molecule has 0 atom stereocenters. The molecule has 0 aliphatic heterocycles. The van der Waals surface area contributed by atoms with Crippen molar-refractivity contribution in [3.8, 4) is 5.75 Å². The number of nitrogens with zero attached hydrogens (tertiary/aromatic N) is 2. The van der Waals surface area contributed by atoms with Crippen molar-refractivity contribution in [2.75, 3.05) is 24.3 Å². The van der Waals surface area contributed by atoms with Gasteiger partial charge >= 0.3 is 0 Å². The van der Waals surface area contributed by atoms with Crippen LogP contribution < -0.4 is 15.4 Å². The van der Waals surface area contributed by atoms with Gasteiger partial charge in [-0.15, -0.1) is 0 Å². The Labute approximate surface area is 119 Å². The Bertz CT molecular complexity index is 598. The summed E-state index contributed by atoms with van der Waals surface area (Å²) < 4.78 is 5.41. The highest BCUT2D eigenvalue weighted by Crippen LogP contribution is 2.32. The van der Waals surface area contributed by atoms with Crippen LogP contribution in [-0.2, 0) is 0 Å². The molecule has 2 N–H and O–H groups in total. The van der Waals surface area contributed by atoms with Gasteiger partial charge in [-0.25, -0.2) is 9.97 Å². The van der Waals surface area contributed by atoms with Gasteiger partial charge in [-0.1, -0.05) is 17.7 Å². The Hall–Kier alpha value is -2.30. The smallest absolute Gasteiger partial charge is 0.204 e. The molecule has 0 saturated heterocycles. The molecule has 0 aliphatic rings. The van der Waals surface area contributed by atoms with Crippen LogP contribution >= 0.6 is 0 Å². The molecule has 5 nitrogen and oxygen atoms in total. The van der Waals surface area contributed by atoms with E-state index in [1.165, 1.54) is 11.9 Å². The maximum absolute atomic E-state index is 5.41. The van der Waals surface area contributed by atoms with Gasteiger partial charge in [0, 0.05) is 12.2 Å². The van der Waals surface area contributed by atoms with Crippen LogP contribution in [0.1, 0.15) is 18.1 Å². The minimum atomic E-state index is 0.620. The lowest BCUT2D eigenvalue weighted by atomic mass is 10.1. The quantitative estimate of drug-likeness (QED) is 0.874. The molecule has 0 amide bonds. The first-order valence-electron chi connectivity index (χ1n) is 6.62. The molecule has 0 saturated carbocycles. The van der Waals surface area contributed by atoms with Crippen LogP contribution in [0.4, 0.5) is 17.3 Å². The van der Waals surface area contributed by atoms with Gasteiger partial charge in [0.05, 0.1) is 7.11 Å². The van der Waals surface area contributed by atoms with E-state index in [4.69, 9.17) is 4.74 Å². The molecule has 0 spiro atoms. The van der Waals surface area contributed by atoms with Gasteiger partial charge in [0.1, 0.15) is 6.33 Å². The van der Waals surface area contributed by atoms with E-state index in [0.717, 1.165) is 17.8 Å². The zero-order chi connectivity index (χ0) is 14.5. The van der Waals surface area contributed by atoms with Crippen LogP contribution in [-0.4, -0.2) is 23.6 Å². The topological polar surface area (TPSA) is 59.1 Å². The molecule has 106 valence electrons. The van der Waals surface area contributed by atoms with Crippen LogP contribution in [0, 0.1) is 13.8 Å². The normalized spacial score (nSPS) is 10.2. The van der Waals surface area contributed by atoms with Crippen LogP contribution in [0.3, 0.4) is 0 Å². The Morgan fingerprint density at radius 1 is 1.15 bits per heavy atom. The molecule has 2 rings (SSSR count). The fourth-order valence-corrected chi connectivity index (χ4v) is 2.03. The number of rotatable bonds is 5. The highest BCUT2D eigenvalue weighted by molar-refractivity contribution is 5.70. The van der Waals surface area contributed by atoms with E-state index in [2.05, 4.69) is 46.6 Å². The lowest BCUT2D eigenvalue weighted by Gasteiger charge is -2.15. The lowest BCUT2D eigenvalue weighted by Crippen LogP contribution is -2.06. The zero-order valence-electron chi connectivity index (χ0n) is 12.3. The summed E-state index contributed by atoms with van der Waals surface area (Å²) in [5.41, 5.74) is 3.40. The number of aromatic nitrogens is 2. The Kier molecular flexibility index (Phi) is 4.40. The monoisotopic (exact) mass is 272 g/mol. The van der Waals surface area contributed by atoms with Gasteiger partial charge in [0.25, 0.3) is 0 Å². The second-order valence-electron chi connectivity index (χ2n) is 4.58. The number of aryl methyl sites for hydroxylation is 2. The first-order valence-corrected chi connectivity index (χ1v) is 6.62. The molecular formula is C15H20N4O. The van der Waals surface area contributed by atoms with Crippen molar-refractivity contribution in [2.45, 2.75) is 20.8 Å². The third-order valence-corrected chi connectivity index (χ3v) is 2.99. The van der Waals surface area contributed by atoms with Gasteiger partial charge in [-0.05, 0) is 32.4 Å². The minimum Gasteiger partial charge on any atom is -0.490 e. The van der Waals surface area contributed by atoms with E-state index in [1.54, 1.807) is 7.11 Å². The first-order chi connectivity index (χ1) is 9.65. The fraction of sp³-hybridized carbons (Fsp3) is 0.333. The SMILES string of the molecule is CCNc1ncnc(Nc2ccc(C)cc2C)c1OC. The Morgan fingerprint density at radius 2 is 1.90 bits per heavy atom. The predicted octanol–water partition coefficient (Wildman–Crippen LogP) is 3.28. The summed E-state index contributed by atoms with van der Waals surface area (Å²) in [7, 11) is 1.62. The number of ether oxygens (including phenoxy) is 1. The van der Waals surface area contributed by atoms with Crippen molar-refractivity contribution in [3.63, 3.8) is 0 Å². The maximum Gasteiger partial charge on any atom is 0.204 e. The number of hydrogen-bond acceptors (Lipinski definition) is 5. The van der Waals surface area contributed by atoms with Crippen molar-refractivity contribution in [1.82, 2.24) is 9.97 Å². The molecule has 0 fully saturated rings. The summed E-state index contributed by atoms with van der Waals surface area (Å²) in [6.45, 7) is 6.93. The van der Waals surface area contributed by atoms with Gasteiger partial charge in [0.15, 0.2) is 11.6 Å². The molecule has 2 aromatic rings. The van der Waals surface area contributed by atoms with E-state index in [0.29, 0.717) is 17.4 Å². The molecule has 5 heteroatoms. The maximum atomic E-state index is 5.41. The number of hydrogen-bond donors (Lipinski definition) is 2. The van der Waals surface area contributed by atoms with Crippen LogP contribution in [0.15, 0.2) is 24.5 Å². The third-order valence-electron chi connectivity index (χ3n) is 2.99. The number of benzene rings is 1. The minimum absolute atomic E-state index is 0.620.